The maximum Gasteiger partial charge on any atom is 0.120 e. The van der Waals surface area contributed by atoms with Crippen molar-refractivity contribution < 1.29 is 4.74 Å². The maximum atomic E-state index is 5.23. The van der Waals surface area contributed by atoms with Crippen molar-refractivity contribution in [1.29, 1.82) is 0 Å². The summed E-state index contributed by atoms with van der Waals surface area (Å²) in [6, 6.07) is 8.90. The van der Waals surface area contributed by atoms with Crippen LogP contribution in [0.5, 0.6) is 0 Å². The summed E-state index contributed by atoms with van der Waals surface area (Å²) in [6.45, 7) is 3.93. The summed E-state index contributed by atoms with van der Waals surface area (Å²) in [5, 5.41) is 6.85. The van der Waals surface area contributed by atoms with Crippen molar-refractivity contribution in [3.8, 4) is 0 Å². The average molecular weight is 206 g/mol. The van der Waals surface area contributed by atoms with Gasteiger partial charge in [0.05, 0.1) is 0 Å². The Morgan fingerprint density at radius 1 is 1.20 bits per heavy atom. The number of nitrogens with one attached hydrogen (secondary N) is 2. The molecule has 1 heterocycles. The molecule has 0 radical (unpaired) electrons. The third-order valence-corrected chi connectivity index (χ3v) is 2.95. The number of hydrogen-bond acceptors (Lipinski definition) is 3. The van der Waals surface area contributed by atoms with Gasteiger partial charge in [-0.3, -0.25) is 5.32 Å². The van der Waals surface area contributed by atoms with Crippen molar-refractivity contribution in [2.24, 2.45) is 0 Å². The highest BCUT2D eigenvalue weighted by atomic mass is 16.5. The van der Waals surface area contributed by atoms with Crippen LogP contribution in [0.25, 0.3) is 0 Å². The van der Waals surface area contributed by atoms with E-state index in [1.807, 2.05) is 0 Å². The first-order valence-electron chi connectivity index (χ1n) is 5.36. The number of aryl methyl sites for hydroxylation is 1. The molecule has 2 atom stereocenters. The van der Waals surface area contributed by atoms with Crippen LogP contribution < -0.4 is 10.6 Å². The zero-order valence-electron chi connectivity index (χ0n) is 9.29. The first kappa shape index (κ1) is 10.6. The van der Waals surface area contributed by atoms with Gasteiger partial charge in [0.1, 0.15) is 6.23 Å². The second-order valence-electron chi connectivity index (χ2n) is 3.95. The minimum Gasteiger partial charge on any atom is -0.365 e. The SMILES string of the molecule is COC1CNC(c2ccccc2C)CN1. The first-order chi connectivity index (χ1) is 7.31. The van der Waals surface area contributed by atoms with E-state index in [2.05, 4.69) is 41.8 Å². The zero-order valence-corrected chi connectivity index (χ0v) is 9.29. The molecule has 1 aromatic rings. The molecule has 0 amide bonds. The highest BCUT2D eigenvalue weighted by molar-refractivity contribution is 5.29. The second-order valence-corrected chi connectivity index (χ2v) is 3.95. The van der Waals surface area contributed by atoms with Crippen LogP contribution in [0.4, 0.5) is 0 Å². The van der Waals surface area contributed by atoms with E-state index in [4.69, 9.17) is 4.74 Å². The molecule has 0 aromatic heterocycles. The van der Waals surface area contributed by atoms with Crippen molar-refractivity contribution in [2.75, 3.05) is 20.2 Å². The van der Waals surface area contributed by atoms with Gasteiger partial charge < -0.3 is 10.1 Å². The lowest BCUT2D eigenvalue weighted by Crippen LogP contribution is -2.50. The number of rotatable bonds is 2. The molecule has 2 rings (SSSR count). The van der Waals surface area contributed by atoms with Crippen LogP contribution >= 0.6 is 0 Å². The Balaban J connectivity index is 2.04. The summed E-state index contributed by atoms with van der Waals surface area (Å²) >= 11 is 0. The quantitative estimate of drug-likeness (QED) is 0.763. The van der Waals surface area contributed by atoms with Gasteiger partial charge >= 0.3 is 0 Å². The fourth-order valence-corrected chi connectivity index (χ4v) is 2.01. The predicted molar refractivity (Wildman–Crippen MR) is 60.7 cm³/mol. The highest BCUT2D eigenvalue weighted by Gasteiger charge is 2.21. The van der Waals surface area contributed by atoms with Gasteiger partial charge in [0.25, 0.3) is 0 Å². The van der Waals surface area contributed by atoms with E-state index >= 15 is 0 Å². The number of piperazine rings is 1. The van der Waals surface area contributed by atoms with Gasteiger partial charge in [0, 0.05) is 26.2 Å². The van der Waals surface area contributed by atoms with E-state index in [1.54, 1.807) is 7.11 Å². The Morgan fingerprint density at radius 2 is 2.00 bits per heavy atom. The Labute approximate surface area is 90.8 Å². The number of ether oxygens (including phenoxy) is 1. The second kappa shape index (κ2) is 4.75. The summed E-state index contributed by atoms with van der Waals surface area (Å²) in [6.07, 6.45) is 0.144. The maximum absolute atomic E-state index is 5.23. The van der Waals surface area contributed by atoms with Crippen LogP contribution in [0.15, 0.2) is 24.3 Å². The summed E-state index contributed by atoms with van der Waals surface area (Å²) in [5.41, 5.74) is 2.72. The van der Waals surface area contributed by atoms with Crippen LogP contribution in [-0.2, 0) is 4.74 Å². The number of methoxy groups -OCH3 is 1. The largest absolute Gasteiger partial charge is 0.365 e. The molecular formula is C12H18N2O. The normalized spacial score (nSPS) is 26.5. The molecule has 1 aliphatic rings. The van der Waals surface area contributed by atoms with Gasteiger partial charge in [-0.05, 0) is 18.1 Å². The monoisotopic (exact) mass is 206 g/mol. The molecule has 1 fully saturated rings. The van der Waals surface area contributed by atoms with Gasteiger partial charge in [-0.15, -0.1) is 0 Å². The molecule has 2 N–H and O–H groups in total. The molecule has 82 valence electrons. The Bertz CT molecular complexity index is 319. The molecule has 1 saturated heterocycles. The molecule has 1 aromatic carbocycles. The fraction of sp³-hybridized carbons (Fsp3) is 0.500. The van der Waals surface area contributed by atoms with Crippen LogP contribution in [0, 0.1) is 6.92 Å². The van der Waals surface area contributed by atoms with Crippen LogP contribution in [0.1, 0.15) is 17.2 Å². The molecule has 3 heteroatoms. The van der Waals surface area contributed by atoms with Gasteiger partial charge in [0.2, 0.25) is 0 Å². The van der Waals surface area contributed by atoms with Crippen LogP contribution in [0.3, 0.4) is 0 Å². The van der Waals surface area contributed by atoms with Crippen molar-refractivity contribution in [3.63, 3.8) is 0 Å². The van der Waals surface area contributed by atoms with E-state index < -0.39 is 0 Å². The summed E-state index contributed by atoms with van der Waals surface area (Å²) in [4.78, 5) is 0. The average Bonchev–Trinajstić information content (AvgIpc) is 2.30. The number of hydrogen-bond donors (Lipinski definition) is 2. The molecular weight excluding hydrogens is 188 g/mol. The van der Waals surface area contributed by atoms with E-state index in [-0.39, 0.29) is 6.23 Å². The zero-order chi connectivity index (χ0) is 10.7. The Kier molecular flexibility index (Phi) is 3.36. The van der Waals surface area contributed by atoms with Gasteiger partial charge in [0.15, 0.2) is 0 Å². The molecule has 0 aliphatic carbocycles. The Hall–Kier alpha value is -0.900. The minimum absolute atomic E-state index is 0.144. The minimum atomic E-state index is 0.144. The lowest BCUT2D eigenvalue weighted by Gasteiger charge is -2.31. The van der Waals surface area contributed by atoms with E-state index in [0.29, 0.717) is 6.04 Å². The lowest BCUT2D eigenvalue weighted by molar-refractivity contribution is 0.0526. The van der Waals surface area contributed by atoms with E-state index in [0.717, 1.165) is 13.1 Å². The summed E-state index contributed by atoms with van der Waals surface area (Å²) < 4.78 is 5.23. The molecule has 0 spiro atoms. The van der Waals surface area contributed by atoms with E-state index in [1.165, 1.54) is 11.1 Å². The molecule has 3 nitrogen and oxygen atoms in total. The molecule has 0 saturated carbocycles. The number of benzene rings is 1. The van der Waals surface area contributed by atoms with Crippen molar-refractivity contribution >= 4 is 0 Å². The van der Waals surface area contributed by atoms with E-state index in [9.17, 15) is 0 Å². The predicted octanol–water partition coefficient (Wildman–Crippen LogP) is 1.20. The first-order valence-corrected chi connectivity index (χ1v) is 5.36. The van der Waals surface area contributed by atoms with Gasteiger partial charge in [-0.1, -0.05) is 24.3 Å². The molecule has 15 heavy (non-hydrogen) atoms. The Morgan fingerprint density at radius 3 is 2.60 bits per heavy atom. The van der Waals surface area contributed by atoms with Crippen molar-refractivity contribution in [3.05, 3.63) is 35.4 Å². The standard InChI is InChI=1S/C12H18N2O/c1-9-5-3-4-6-10(9)11-7-14-12(15-2)8-13-11/h3-6,11-14H,7-8H2,1-2H3. The fourth-order valence-electron chi connectivity index (χ4n) is 2.01. The van der Waals surface area contributed by atoms with Crippen molar-refractivity contribution in [1.82, 2.24) is 10.6 Å². The highest BCUT2D eigenvalue weighted by Crippen LogP contribution is 2.18. The third kappa shape index (κ3) is 2.37. The van der Waals surface area contributed by atoms with Crippen LogP contribution in [0.2, 0.25) is 0 Å². The van der Waals surface area contributed by atoms with Crippen LogP contribution in [-0.4, -0.2) is 26.4 Å². The molecule has 0 bridgehead atoms. The van der Waals surface area contributed by atoms with Crippen molar-refractivity contribution in [2.45, 2.75) is 19.2 Å². The topological polar surface area (TPSA) is 33.3 Å². The summed E-state index contributed by atoms with van der Waals surface area (Å²) in [5.74, 6) is 0. The molecule has 1 aliphatic heterocycles. The smallest absolute Gasteiger partial charge is 0.120 e. The lowest BCUT2D eigenvalue weighted by atomic mass is 10.00. The third-order valence-electron chi connectivity index (χ3n) is 2.95. The van der Waals surface area contributed by atoms with Gasteiger partial charge in [-0.2, -0.15) is 0 Å². The van der Waals surface area contributed by atoms with Gasteiger partial charge in [-0.25, -0.2) is 0 Å². The molecule has 2 unspecified atom stereocenters. The summed E-state index contributed by atoms with van der Waals surface area (Å²) in [7, 11) is 1.73.